The lowest BCUT2D eigenvalue weighted by atomic mass is 9.81. The average molecular weight is 425 g/mol. The van der Waals surface area contributed by atoms with Gasteiger partial charge in [-0.1, -0.05) is 42.9 Å². The number of H-pyrrole nitrogens is 2. The first-order valence-electron chi connectivity index (χ1n) is 10.9. The normalized spacial score (nSPS) is 14.7. The highest BCUT2D eigenvalue weighted by Crippen LogP contribution is 2.30. The third-order valence-corrected chi connectivity index (χ3v) is 5.91. The Morgan fingerprint density at radius 2 is 1.50 bits per heavy atom. The van der Waals surface area contributed by atoms with Crippen molar-refractivity contribution in [3.8, 4) is 0 Å². The fourth-order valence-electron chi connectivity index (χ4n) is 3.44. The number of aromatic amines is 2. The van der Waals surface area contributed by atoms with Crippen molar-refractivity contribution in [3.63, 3.8) is 0 Å². The zero-order valence-electron chi connectivity index (χ0n) is 18.8. The topological polar surface area (TPSA) is 153 Å². The van der Waals surface area contributed by atoms with Crippen molar-refractivity contribution in [3.05, 3.63) is 5.82 Å². The monoisotopic (exact) mass is 424 g/mol. The third-order valence-electron chi connectivity index (χ3n) is 5.91. The molecule has 11 heteroatoms. The molecule has 2 aromatic rings. The van der Waals surface area contributed by atoms with Crippen LogP contribution in [0.3, 0.4) is 0 Å². The van der Waals surface area contributed by atoms with E-state index in [1.165, 1.54) is 0 Å². The van der Waals surface area contributed by atoms with Crippen LogP contribution >= 0.6 is 0 Å². The van der Waals surface area contributed by atoms with Crippen molar-refractivity contribution in [2.75, 3.05) is 0 Å². The average Bonchev–Trinajstić information content (AvgIpc) is 3.40. The minimum Gasteiger partial charge on any atom is -0.393 e. The van der Waals surface area contributed by atoms with Crippen LogP contribution in [0.2, 0.25) is 0 Å². The summed E-state index contributed by atoms with van der Waals surface area (Å²) in [7, 11) is 0. The molecule has 170 valence electrons. The number of nitrogens with zero attached hydrogens (tertiary/aromatic N) is 7. The van der Waals surface area contributed by atoms with Gasteiger partial charge in [0.1, 0.15) is 11.8 Å². The standard InChI is InChI=1S/C19H37N9O2/c1-18(2,12-9-17-20-22-23-21-17)10-7-15(29)5-6-16(30)8-11-19(3,4)13-14-28-26-24-25-27-28/h15-16,29-30H,5-14H2,1-4H3,(H,20,21,22,23)/p+1. The molecule has 0 aromatic carbocycles. The van der Waals surface area contributed by atoms with Crippen LogP contribution in [0.1, 0.15) is 84.9 Å². The summed E-state index contributed by atoms with van der Waals surface area (Å²) in [4.78, 5) is 1.61. The largest absolute Gasteiger partial charge is 0.393 e. The number of aromatic nitrogens is 9. The van der Waals surface area contributed by atoms with E-state index in [4.69, 9.17) is 0 Å². The molecule has 0 amide bonds. The Labute approximate surface area is 178 Å². The molecule has 2 rings (SSSR count). The first-order valence-corrected chi connectivity index (χ1v) is 10.9. The summed E-state index contributed by atoms with van der Waals surface area (Å²) in [6.07, 6.45) is 6.43. The zero-order valence-corrected chi connectivity index (χ0v) is 18.8. The fraction of sp³-hybridized carbons (Fsp3) is 0.947. The van der Waals surface area contributed by atoms with Crippen LogP contribution in [-0.2, 0) is 13.0 Å². The molecular formula is C19H38N9O2+. The molecule has 30 heavy (non-hydrogen) atoms. The Kier molecular flexibility index (Phi) is 9.22. The number of nitrogens with one attached hydrogen (secondary N) is 2. The van der Waals surface area contributed by atoms with Gasteiger partial charge in [-0.15, -0.1) is 10.2 Å². The van der Waals surface area contributed by atoms with Gasteiger partial charge >= 0.3 is 0 Å². The second kappa shape index (κ2) is 11.4. The van der Waals surface area contributed by atoms with E-state index in [9.17, 15) is 10.2 Å². The minimum atomic E-state index is -0.384. The molecule has 0 spiro atoms. The van der Waals surface area contributed by atoms with E-state index >= 15 is 0 Å². The maximum absolute atomic E-state index is 10.4. The Balaban J connectivity index is 1.58. The SMILES string of the molecule is CC(C)(CCc1nn[nH]n1)CCC(O)CCC(O)CCC(C)(C)CC[n+]1nnn[nH]1. The molecule has 2 atom stereocenters. The number of aliphatic hydroxyl groups excluding tert-OH is 2. The van der Waals surface area contributed by atoms with Gasteiger partial charge in [-0.25, -0.2) is 0 Å². The molecule has 0 aliphatic heterocycles. The van der Waals surface area contributed by atoms with E-state index < -0.39 is 0 Å². The maximum Gasteiger partial charge on any atom is 0.231 e. The molecule has 0 aliphatic carbocycles. The Bertz CT molecular complexity index is 629. The van der Waals surface area contributed by atoms with Gasteiger partial charge in [0.15, 0.2) is 5.82 Å². The molecule has 2 unspecified atom stereocenters. The number of hydrogen-bond donors (Lipinski definition) is 4. The molecule has 0 saturated carbocycles. The fourth-order valence-corrected chi connectivity index (χ4v) is 3.44. The number of rotatable bonds is 15. The lowest BCUT2D eigenvalue weighted by molar-refractivity contribution is -0.808. The van der Waals surface area contributed by atoms with Crippen molar-refractivity contribution in [1.82, 2.24) is 41.5 Å². The number of tetrazole rings is 1. The molecule has 0 aliphatic rings. The van der Waals surface area contributed by atoms with Crippen molar-refractivity contribution in [2.24, 2.45) is 10.8 Å². The number of aliphatic hydroxyl groups is 2. The molecule has 0 radical (unpaired) electrons. The van der Waals surface area contributed by atoms with Crippen LogP contribution in [0.4, 0.5) is 0 Å². The van der Waals surface area contributed by atoms with Crippen LogP contribution in [0.5, 0.6) is 0 Å². The van der Waals surface area contributed by atoms with Gasteiger partial charge in [-0.05, 0) is 62.2 Å². The maximum atomic E-state index is 10.4. The van der Waals surface area contributed by atoms with Crippen molar-refractivity contribution in [2.45, 2.75) is 104 Å². The Morgan fingerprint density at radius 1 is 0.867 bits per heavy atom. The molecule has 0 fully saturated rings. The van der Waals surface area contributed by atoms with E-state index in [1.54, 1.807) is 4.80 Å². The van der Waals surface area contributed by atoms with Gasteiger partial charge in [0.05, 0.1) is 12.2 Å². The zero-order chi connectivity index (χ0) is 22.0. The lowest BCUT2D eigenvalue weighted by Crippen LogP contribution is -2.41. The van der Waals surface area contributed by atoms with E-state index in [-0.39, 0.29) is 23.0 Å². The Hall–Kier alpha value is -2.01. The van der Waals surface area contributed by atoms with E-state index in [0.717, 1.165) is 57.3 Å². The van der Waals surface area contributed by atoms with Crippen molar-refractivity contribution < 1.29 is 15.0 Å². The van der Waals surface area contributed by atoms with E-state index in [2.05, 4.69) is 69.2 Å². The summed E-state index contributed by atoms with van der Waals surface area (Å²) in [6, 6.07) is 0. The smallest absolute Gasteiger partial charge is 0.231 e. The van der Waals surface area contributed by atoms with Crippen LogP contribution in [0.25, 0.3) is 0 Å². The third kappa shape index (κ3) is 9.66. The van der Waals surface area contributed by atoms with Crippen LogP contribution in [0, 0.1) is 10.8 Å². The molecule has 2 aromatic heterocycles. The van der Waals surface area contributed by atoms with Gasteiger partial charge in [0, 0.05) is 6.42 Å². The van der Waals surface area contributed by atoms with Crippen LogP contribution < -0.4 is 4.80 Å². The predicted octanol–water partition coefficient (Wildman–Crippen LogP) is 1.14. The molecule has 11 nitrogen and oxygen atoms in total. The van der Waals surface area contributed by atoms with Crippen LogP contribution in [-0.4, -0.2) is 63.9 Å². The second-order valence-electron chi connectivity index (χ2n) is 9.87. The van der Waals surface area contributed by atoms with Gasteiger partial charge in [-0.3, -0.25) is 0 Å². The van der Waals surface area contributed by atoms with Gasteiger partial charge in [0.25, 0.3) is 0 Å². The highest BCUT2D eigenvalue weighted by Gasteiger charge is 2.23. The first kappa shape index (κ1) is 24.3. The quantitative estimate of drug-likeness (QED) is 0.310. The van der Waals surface area contributed by atoms with Gasteiger partial charge in [-0.2, -0.15) is 5.21 Å². The van der Waals surface area contributed by atoms with E-state index in [1.807, 2.05) is 0 Å². The molecule has 0 saturated heterocycles. The van der Waals surface area contributed by atoms with Crippen LogP contribution in [0.15, 0.2) is 0 Å². The Morgan fingerprint density at radius 3 is 2.03 bits per heavy atom. The highest BCUT2D eigenvalue weighted by molar-refractivity contribution is 4.81. The van der Waals surface area contributed by atoms with Crippen molar-refractivity contribution >= 4 is 0 Å². The molecule has 4 N–H and O–H groups in total. The predicted molar refractivity (Wildman–Crippen MR) is 109 cm³/mol. The lowest BCUT2D eigenvalue weighted by Gasteiger charge is -2.26. The summed E-state index contributed by atoms with van der Waals surface area (Å²) < 4.78 is 0. The molecule has 0 bridgehead atoms. The van der Waals surface area contributed by atoms with Gasteiger partial charge < -0.3 is 10.2 Å². The first-order chi connectivity index (χ1) is 14.2. The van der Waals surface area contributed by atoms with E-state index in [0.29, 0.717) is 12.8 Å². The highest BCUT2D eigenvalue weighted by atomic mass is 16.3. The minimum absolute atomic E-state index is 0.0854. The molecular weight excluding hydrogens is 386 g/mol. The summed E-state index contributed by atoms with van der Waals surface area (Å²) >= 11 is 0. The second-order valence-corrected chi connectivity index (χ2v) is 9.87. The summed E-state index contributed by atoms with van der Waals surface area (Å²) in [6.45, 7) is 9.50. The number of hydrogen-bond acceptors (Lipinski definition) is 8. The summed E-state index contributed by atoms with van der Waals surface area (Å²) in [5, 5.41) is 48.4. The van der Waals surface area contributed by atoms with Crippen molar-refractivity contribution in [1.29, 1.82) is 0 Å². The van der Waals surface area contributed by atoms with Gasteiger partial charge in [0.2, 0.25) is 10.4 Å². The summed E-state index contributed by atoms with van der Waals surface area (Å²) in [5.41, 5.74) is 0.184. The summed E-state index contributed by atoms with van der Waals surface area (Å²) in [5.74, 6) is 0.728. The number of aryl methyl sites for hydroxylation is 2. The molecule has 2 heterocycles.